The number of benzene rings is 4. The van der Waals surface area contributed by atoms with Gasteiger partial charge in [-0.1, -0.05) is 121 Å². The lowest BCUT2D eigenvalue weighted by Gasteiger charge is -2.33. The van der Waals surface area contributed by atoms with Crippen LogP contribution in [0.25, 0.3) is 0 Å². The van der Waals surface area contributed by atoms with Crippen LogP contribution in [0.1, 0.15) is 46.4 Å². The zero-order chi connectivity index (χ0) is 61.0. The summed E-state index contributed by atoms with van der Waals surface area (Å²) in [6.45, 7) is -4.25. The van der Waals surface area contributed by atoms with E-state index in [1.54, 1.807) is 141 Å². The molecule has 4 aromatic rings. The molecule has 4 atom stereocenters. The number of rotatable bonds is 28. The molecule has 0 aliphatic carbocycles. The smallest absolute Gasteiger partial charge is 0.325 e. The number of carbonyl (C=O) groups is 12. The Labute approximate surface area is 482 Å². The first-order valence-corrected chi connectivity index (χ1v) is 26.5. The first-order chi connectivity index (χ1) is 40.2. The van der Waals surface area contributed by atoms with Crippen LogP contribution >= 0.6 is 0 Å². The summed E-state index contributed by atoms with van der Waals surface area (Å²) in [6.07, 6.45) is 0. The summed E-state index contributed by atoms with van der Waals surface area (Å²) in [7, 11) is 0. The van der Waals surface area contributed by atoms with Crippen molar-refractivity contribution in [1.29, 1.82) is 0 Å². The van der Waals surface area contributed by atoms with Crippen LogP contribution in [0.4, 0.5) is 0 Å². The molecule has 5 rings (SSSR count). The number of carbonyl (C=O) groups excluding carboxylic acids is 8. The van der Waals surface area contributed by atoms with E-state index in [9.17, 15) is 78.0 Å². The Hall–Kier alpha value is -9.00. The largest absolute Gasteiger partial charge is 0.480 e. The van der Waals surface area contributed by atoms with Crippen LogP contribution in [0.5, 0.6) is 0 Å². The maximum Gasteiger partial charge on any atom is 0.325 e. The molecular formula is C56H68N12O16. The van der Waals surface area contributed by atoms with Gasteiger partial charge in [-0.3, -0.25) is 120 Å². The fourth-order valence-electron chi connectivity index (χ4n) is 8.73. The van der Waals surface area contributed by atoms with Crippen molar-refractivity contribution in [2.75, 3.05) is 105 Å². The van der Waals surface area contributed by atoms with E-state index in [-0.39, 0.29) is 52.4 Å². The molecule has 28 nitrogen and oxygen atoms in total. The number of imide groups is 4. The highest BCUT2D eigenvalue weighted by Gasteiger charge is 2.28. The van der Waals surface area contributed by atoms with Crippen molar-refractivity contribution in [2.24, 2.45) is 0 Å². The van der Waals surface area contributed by atoms with Gasteiger partial charge in [0.25, 0.3) is 0 Å². The molecule has 448 valence electrons. The van der Waals surface area contributed by atoms with Gasteiger partial charge in [0.1, 0.15) is 24.2 Å². The molecule has 12 N–H and O–H groups in total. The Bertz CT molecular complexity index is 2500. The fourth-order valence-corrected chi connectivity index (χ4v) is 8.73. The fraction of sp³-hybridized carbons (Fsp3) is 0.357. The topological polar surface area (TPSA) is 395 Å². The van der Waals surface area contributed by atoms with Crippen molar-refractivity contribution in [3.8, 4) is 0 Å². The summed E-state index contributed by atoms with van der Waals surface area (Å²) in [6, 6.07) is 27.0. The quantitative estimate of drug-likeness (QED) is 0.0278. The highest BCUT2D eigenvalue weighted by Crippen LogP contribution is 2.16. The van der Waals surface area contributed by atoms with Crippen molar-refractivity contribution < 1.29 is 78.0 Å². The van der Waals surface area contributed by atoms with Gasteiger partial charge < -0.3 is 20.4 Å². The van der Waals surface area contributed by atoms with Crippen LogP contribution in [0.2, 0.25) is 0 Å². The van der Waals surface area contributed by atoms with Gasteiger partial charge in [-0.15, -0.1) is 0 Å². The number of carboxylic acids is 4. The van der Waals surface area contributed by atoms with Gasteiger partial charge in [0.2, 0.25) is 47.3 Å². The Morgan fingerprint density at radius 1 is 0.286 bits per heavy atom. The van der Waals surface area contributed by atoms with E-state index >= 15 is 0 Å². The standard InChI is InChI=1S/C56H68N12O16/c69-41(29-57-49(53(77)78)37-13-5-1-6-14-37)61-45(73)33-65-21-23-66(34-46(74)62-42(70)30-58-50(54(79)80)38-15-7-2-8-16-38)25-27-68(36-48(76)64-44(72)32-60-52(56(83)84)40-19-11-4-12-20-40)28-26-67(24-22-65)35-47(75)63-43(71)31-59-51(55(81)82)39-17-9-3-10-18-39/h1-20,49-52,57-60H,21-36H2,(H,77,78)(H,79,80)(H,81,82)(H,83,84)(H,61,69,73)(H,62,70,74)(H,63,71,75)(H,64,72,76). The number of amides is 8. The van der Waals surface area contributed by atoms with Crippen molar-refractivity contribution in [3.63, 3.8) is 0 Å². The molecule has 0 saturated carbocycles. The van der Waals surface area contributed by atoms with E-state index in [1.807, 2.05) is 0 Å². The molecule has 1 heterocycles. The Morgan fingerprint density at radius 2 is 0.452 bits per heavy atom. The molecule has 1 fully saturated rings. The number of nitrogens with zero attached hydrogens (tertiary/aromatic N) is 4. The molecular weight excluding hydrogens is 1100 g/mol. The molecule has 1 saturated heterocycles. The SMILES string of the molecule is O=C(CNC(C(=O)O)c1ccccc1)NC(=O)CN1CCN(CC(=O)NC(=O)CNC(C(=O)O)c2ccccc2)CCN(CC(=O)NC(=O)CNC(C(=O)O)c2ccccc2)CCN(CC(=O)NC(=O)CNC(C(=O)O)c2ccccc2)CC1. The van der Waals surface area contributed by atoms with Gasteiger partial charge in [-0.05, 0) is 22.3 Å². The monoisotopic (exact) mass is 1160 g/mol. The number of nitrogens with one attached hydrogen (secondary N) is 8. The zero-order valence-electron chi connectivity index (χ0n) is 45.6. The van der Waals surface area contributed by atoms with Crippen LogP contribution < -0.4 is 42.5 Å². The Morgan fingerprint density at radius 3 is 0.607 bits per heavy atom. The Balaban J connectivity index is 1.33. The summed E-state index contributed by atoms with van der Waals surface area (Å²) < 4.78 is 0. The summed E-state index contributed by atoms with van der Waals surface area (Å²) in [5.74, 6) is -11.8. The second-order valence-corrected chi connectivity index (χ2v) is 19.2. The number of aliphatic carboxylic acids is 4. The first-order valence-electron chi connectivity index (χ1n) is 26.5. The van der Waals surface area contributed by atoms with E-state index < -0.39 is 148 Å². The number of hydrogen-bond donors (Lipinski definition) is 12. The van der Waals surface area contributed by atoms with Crippen LogP contribution in [-0.2, 0) is 57.5 Å². The second-order valence-electron chi connectivity index (χ2n) is 19.2. The maximum absolute atomic E-state index is 13.5. The third-order valence-electron chi connectivity index (χ3n) is 12.9. The summed E-state index contributed by atoms with van der Waals surface area (Å²) in [4.78, 5) is 161. The summed E-state index contributed by atoms with van der Waals surface area (Å²) in [5, 5.41) is 58.7. The molecule has 0 aromatic heterocycles. The van der Waals surface area contributed by atoms with Gasteiger partial charge in [-0.2, -0.15) is 0 Å². The molecule has 0 bridgehead atoms. The second kappa shape index (κ2) is 34.4. The zero-order valence-corrected chi connectivity index (χ0v) is 45.6. The van der Waals surface area contributed by atoms with Crippen LogP contribution in [0.3, 0.4) is 0 Å². The van der Waals surface area contributed by atoms with Gasteiger partial charge in [0.05, 0.1) is 52.4 Å². The van der Waals surface area contributed by atoms with Crippen molar-refractivity contribution in [2.45, 2.75) is 24.2 Å². The normalized spacial score (nSPS) is 15.2. The average Bonchev–Trinajstić information content (AvgIpc) is 3.61. The van der Waals surface area contributed by atoms with E-state index in [0.717, 1.165) is 0 Å². The lowest BCUT2D eigenvalue weighted by Crippen LogP contribution is -2.53. The highest BCUT2D eigenvalue weighted by molar-refractivity contribution is 5.99. The number of carboxylic acid groups (broad SMARTS) is 4. The van der Waals surface area contributed by atoms with Crippen LogP contribution in [0.15, 0.2) is 121 Å². The molecule has 4 unspecified atom stereocenters. The predicted octanol–water partition coefficient (Wildman–Crippen LogP) is -2.56. The molecule has 0 spiro atoms. The van der Waals surface area contributed by atoms with Crippen LogP contribution in [-0.4, -0.2) is 216 Å². The van der Waals surface area contributed by atoms with E-state index in [4.69, 9.17) is 0 Å². The third kappa shape index (κ3) is 23.5. The van der Waals surface area contributed by atoms with E-state index in [0.29, 0.717) is 22.3 Å². The summed E-state index contributed by atoms with van der Waals surface area (Å²) >= 11 is 0. The molecule has 1 aliphatic rings. The lowest BCUT2D eigenvalue weighted by atomic mass is 10.1. The summed E-state index contributed by atoms with van der Waals surface area (Å²) in [5.41, 5.74) is 1.42. The predicted molar refractivity (Wildman–Crippen MR) is 298 cm³/mol. The molecule has 8 amide bonds. The van der Waals surface area contributed by atoms with Gasteiger partial charge in [0.15, 0.2) is 0 Å². The first kappa shape index (κ1) is 65.8. The lowest BCUT2D eigenvalue weighted by molar-refractivity contribution is -0.141. The minimum Gasteiger partial charge on any atom is -0.480 e. The molecule has 28 heteroatoms. The van der Waals surface area contributed by atoms with Crippen molar-refractivity contribution in [3.05, 3.63) is 144 Å². The molecule has 0 radical (unpaired) electrons. The molecule has 1 aliphatic heterocycles. The van der Waals surface area contributed by atoms with Gasteiger partial charge in [-0.25, -0.2) is 0 Å². The average molecular weight is 1170 g/mol. The van der Waals surface area contributed by atoms with E-state index in [1.165, 1.54) is 0 Å². The highest BCUT2D eigenvalue weighted by atomic mass is 16.4. The van der Waals surface area contributed by atoms with Crippen LogP contribution in [0, 0.1) is 0 Å². The minimum atomic E-state index is -1.28. The van der Waals surface area contributed by atoms with E-state index in [2.05, 4.69) is 42.5 Å². The number of hydrogen-bond acceptors (Lipinski definition) is 20. The van der Waals surface area contributed by atoms with Gasteiger partial charge >= 0.3 is 23.9 Å². The Kier molecular flexibility index (Phi) is 27.0. The third-order valence-corrected chi connectivity index (χ3v) is 12.9. The molecule has 84 heavy (non-hydrogen) atoms. The van der Waals surface area contributed by atoms with Crippen molar-refractivity contribution in [1.82, 2.24) is 62.1 Å². The van der Waals surface area contributed by atoms with Crippen molar-refractivity contribution >= 4 is 71.1 Å². The maximum atomic E-state index is 13.5. The minimum absolute atomic E-state index is 0.0201. The van der Waals surface area contributed by atoms with Gasteiger partial charge in [0, 0.05) is 52.4 Å². The molecule has 4 aromatic carbocycles.